The molecule has 4 nitrogen and oxygen atoms in total. The molecule has 0 atom stereocenters. The molecule has 1 heterocycles. The standard InChI is InChI=1S/C7H9F2N3O/c1-12-4-10-2-5(12)7(13)11-3-6(8)9/h2,4,6H,3H2,1H3,(H,11,13). The summed E-state index contributed by atoms with van der Waals surface area (Å²) >= 11 is 0. The summed E-state index contributed by atoms with van der Waals surface area (Å²) < 4.78 is 24.9. The van der Waals surface area contributed by atoms with Gasteiger partial charge in [0.25, 0.3) is 12.3 Å². The topological polar surface area (TPSA) is 46.9 Å². The average Bonchev–Trinajstić information content (AvgIpc) is 2.47. The van der Waals surface area contributed by atoms with Gasteiger partial charge in [-0.05, 0) is 0 Å². The van der Waals surface area contributed by atoms with Crippen LogP contribution in [0.3, 0.4) is 0 Å². The third-order valence-corrected chi connectivity index (χ3v) is 1.47. The van der Waals surface area contributed by atoms with Crippen molar-refractivity contribution in [2.75, 3.05) is 6.54 Å². The molecule has 1 N–H and O–H groups in total. The summed E-state index contributed by atoms with van der Waals surface area (Å²) in [6.07, 6.45) is 0.218. The third kappa shape index (κ3) is 2.50. The van der Waals surface area contributed by atoms with Crippen LogP contribution >= 0.6 is 0 Å². The number of carbonyl (C=O) groups is 1. The second-order valence-electron chi connectivity index (χ2n) is 2.49. The first-order valence-corrected chi connectivity index (χ1v) is 3.64. The van der Waals surface area contributed by atoms with Crippen molar-refractivity contribution in [3.63, 3.8) is 0 Å². The molecule has 0 aliphatic rings. The van der Waals surface area contributed by atoms with Crippen LogP contribution in [-0.4, -0.2) is 28.4 Å². The summed E-state index contributed by atoms with van der Waals surface area (Å²) in [5, 5.41) is 2.08. The molecule has 0 aromatic carbocycles. The molecule has 1 aromatic rings. The molecule has 1 rings (SSSR count). The number of amides is 1. The Hall–Kier alpha value is -1.46. The minimum absolute atomic E-state index is 0.264. The highest BCUT2D eigenvalue weighted by Crippen LogP contribution is 1.96. The van der Waals surface area contributed by atoms with Crippen LogP contribution in [0.15, 0.2) is 12.5 Å². The lowest BCUT2D eigenvalue weighted by Crippen LogP contribution is -2.29. The van der Waals surface area contributed by atoms with Gasteiger partial charge in [-0.1, -0.05) is 0 Å². The summed E-state index contributed by atoms with van der Waals surface area (Å²) in [5.74, 6) is -0.541. The predicted octanol–water partition coefficient (Wildman–Crippen LogP) is 0.415. The second-order valence-corrected chi connectivity index (χ2v) is 2.49. The number of aryl methyl sites for hydroxylation is 1. The van der Waals surface area contributed by atoms with Crippen molar-refractivity contribution < 1.29 is 13.6 Å². The minimum Gasteiger partial charge on any atom is -0.345 e. The fourth-order valence-corrected chi connectivity index (χ4v) is 0.836. The van der Waals surface area contributed by atoms with Crippen molar-refractivity contribution in [3.8, 4) is 0 Å². The van der Waals surface area contributed by atoms with Gasteiger partial charge in [-0.2, -0.15) is 0 Å². The Morgan fingerprint density at radius 1 is 1.77 bits per heavy atom. The van der Waals surface area contributed by atoms with Crippen molar-refractivity contribution in [1.29, 1.82) is 0 Å². The number of nitrogens with zero attached hydrogens (tertiary/aromatic N) is 2. The molecular weight excluding hydrogens is 180 g/mol. The predicted molar refractivity (Wildman–Crippen MR) is 41.5 cm³/mol. The molecule has 0 bridgehead atoms. The first-order chi connectivity index (χ1) is 6.11. The van der Waals surface area contributed by atoms with Crippen molar-refractivity contribution in [2.45, 2.75) is 6.43 Å². The van der Waals surface area contributed by atoms with Gasteiger partial charge >= 0.3 is 0 Å². The number of carbonyl (C=O) groups excluding carboxylic acids is 1. The molecule has 1 aromatic heterocycles. The van der Waals surface area contributed by atoms with Crippen LogP contribution in [-0.2, 0) is 7.05 Å². The highest BCUT2D eigenvalue weighted by Gasteiger charge is 2.11. The Morgan fingerprint density at radius 2 is 2.46 bits per heavy atom. The number of aromatic nitrogens is 2. The zero-order valence-corrected chi connectivity index (χ0v) is 7.00. The maximum Gasteiger partial charge on any atom is 0.269 e. The SMILES string of the molecule is Cn1cncc1C(=O)NCC(F)F. The lowest BCUT2D eigenvalue weighted by Gasteiger charge is -2.03. The van der Waals surface area contributed by atoms with E-state index in [2.05, 4.69) is 10.3 Å². The van der Waals surface area contributed by atoms with Gasteiger partial charge in [-0.15, -0.1) is 0 Å². The van der Waals surface area contributed by atoms with Gasteiger partial charge in [-0.25, -0.2) is 13.8 Å². The fourth-order valence-electron chi connectivity index (χ4n) is 0.836. The molecule has 0 saturated carbocycles. The molecule has 0 saturated heterocycles. The van der Waals surface area contributed by atoms with Crippen LogP contribution < -0.4 is 5.32 Å². The van der Waals surface area contributed by atoms with Crippen molar-refractivity contribution in [2.24, 2.45) is 7.05 Å². The summed E-state index contributed by atoms with van der Waals surface area (Å²) in [5.41, 5.74) is 0.264. The van der Waals surface area contributed by atoms with Crippen molar-refractivity contribution in [3.05, 3.63) is 18.2 Å². The van der Waals surface area contributed by atoms with E-state index in [-0.39, 0.29) is 5.69 Å². The molecule has 13 heavy (non-hydrogen) atoms. The van der Waals surface area contributed by atoms with Gasteiger partial charge in [0.1, 0.15) is 5.69 Å². The molecule has 72 valence electrons. The quantitative estimate of drug-likeness (QED) is 0.748. The summed E-state index contributed by atoms with van der Waals surface area (Å²) in [6, 6.07) is 0. The maximum absolute atomic E-state index is 11.7. The lowest BCUT2D eigenvalue weighted by molar-refractivity contribution is 0.0884. The van der Waals surface area contributed by atoms with E-state index in [9.17, 15) is 13.6 Å². The van der Waals surface area contributed by atoms with Crippen LogP contribution in [0.5, 0.6) is 0 Å². The molecule has 0 spiro atoms. The van der Waals surface area contributed by atoms with Crippen LogP contribution in [0.1, 0.15) is 10.5 Å². The zero-order chi connectivity index (χ0) is 9.84. The lowest BCUT2D eigenvalue weighted by atomic mass is 10.4. The van der Waals surface area contributed by atoms with Crippen LogP contribution in [0, 0.1) is 0 Å². The van der Waals surface area contributed by atoms with E-state index in [1.165, 1.54) is 17.1 Å². The summed E-state index contributed by atoms with van der Waals surface area (Å²) in [4.78, 5) is 14.8. The molecule has 0 unspecified atom stereocenters. The van der Waals surface area contributed by atoms with E-state index >= 15 is 0 Å². The van der Waals surface area contributed by atoms with E-state index in [1.54, 1.807) is 7.05 Å². The zero-order valence-electron chi connectivity index (χ0n) is 7.00. The monoisotopic (exact) mass is 189 g/mol. The number of halogens is 2. The highest BCUT2D eigenvalue weighted by atomic mass is 19.3. The largest absolute Gasteiger partial charge is 0.345 e. The smallest absolute Gasteiger partial charge is 0.269 e. The number of hydrogen-bond donors (Lipinski definition) is 1. The first-order valence-electron chi connectivity index (χ1n) is 3.64. The number of alkyl halides is 2. The summed E-state index contributed by atoms with van der Waals surface area (Å²) in [7, 11) is 1.62. The first kappa shape index (κ1) is 9.63. The number of nitrogens with one attached hydrogen (secondary N) is 1. The molecule has 0 radical (unpaired) electrons. The molecule has 0 fully saturated rings. The molecular formula is C7H9F2N3O. The van der Waals surface area contributed by atoms with E-state index in [0.29, 0.717) is 0 Å². The van der Waals surface area contributed by atoms with Gasteiger partial charge in [0.2, 0.25) is 0 Å². The highest BCUT2D eigenvalue weighted by molar-refractivity contribution is 5.92. The van der Waals surface area contributed by atoms with Gasteiger partial charge < -0.3 is 9.88 Å². The Bertz CT molecular complexity index is 298. The van der Waals surface area contributed by atoms with Gasteiger partial charge in [0.15, 0.2) is 0 Å². The molecule has 0 aliphatic heterocycles. The van der Waals surface area contributed by atoms with Crippen LogP contribution in [0.2, 0.25) is 0 Å². The Kier molecular flexibility index (Phi) is 2.94. The number of imidazole rings is 1. The third-order valence-electron chi connectivity index (χ3n) is 1.47. The van der Waals surface area contributed by atoms with Gasteiger partial charge in [-0.3, -0.25) is 4.79 Å². The van der Waals surface area contributed by atoms with E-state index < -0.39 is 18.9 Å². The summed E-state index contributed by atoms with van der Waals surface area (Å²) in [6.45, 7) is -0.635. The van der Waals surface area contributed by atoms with Gasteiger partial charge in [0.05, 0.1) is 19.1 Å². The minimum atomic E-state index is -2.53. The van der Waals surface area contributed by atoms with E-state index in [1.807, 2.05) is 0 Å². The molecule has 0 aliphatic carbocycles. The van der Waals surface area contributed by atoms with Crippen LogP contribution in [0.25, 0.3) is 0 Å². The van der Waals surface area contributed by atoms with E-state index in [4.69, 9.17) is 0 Å². The van der Waals surface area contributed by atoms with Crippen LogP contribution in [0.4, 0.5) is 8.78 Å². The Balaban J connectivity index is 2.54. The van der Waals surface area contributed by atoms with Crippen molar-refractivity contribution >= 4 is 5.91 Å². The van der Waals surface area contributed by atoms with Gasteiger partial charge in [0, 0.05) is 7.05 Å². The molecule has 1 amide bonds. The fraction of sp³-hybridized carbons (Fsp3) is 0.429. The number of hydrogen-bond acceptors (Lipinski definition) is 2. The Morgan fingerprint density at radius 3 is 2.92 bits per heavy atom. The molecule has 6 heteroatoms. The van der Waals surface area contributed by atoms with Crippen molar-refractivity contribution in [1.82, 2.24) is 14.9 Å². The second kappa shape index (κ2) is 3.97. The maximum atomic E-state index is 11.7. The average molecular weight is 189 g/mol. The normalized spacial score (nSPS) is 10.5. The Labute approximate surface area is 73.6 Å². The van der Waals surface area contributed by atoms with E-state index in [0.717, 1.165) is 0 Å². The number of rotatable bonds is 3.